The fraction of sp³-hybridized carbons (Fsp3) is 0.208. The first-order valence-corrected chi connectivity index (χ1v) is 10.1. The maximum absolute atomic E-state index is 13.0. The van der Waals surface area contributed by atoms with E-state index in [9.17, 15) is 9.59 Å². The lowest BCUT2D eigenvalue weighted by Gasteiger charge is -2.10. The van der Waals surface area contributed by atoms with E-state index in [1.54, 1.807) is 44.4 Å². The van der Waals surface area contributed by atoms with Gasteiger partial charge in [0.05, 0.1) is 26.0 Å². The Kier molecular flexibility index (Phi) is 6.30. The van der Waals surface area contributed by atoms with Crippen molar-refractivity contribution in [3.05, 3.63) is 70.3 Å². The number of carbonyl (C=O) groups is 1. The monoisotopic (exact) mass is 451 g/mol. The summed E-state index contributed by atoms with van der Waals surface area (Å²) < 4.78 is 32.0. The van der Waals surface area contributed by atoms with Crippen LogP contribution in [0, 0.1) is 6.92 Å². The first-order chi connectivity index (χ1) is 16.0. The van der Waals surface area contributed by atoms with E-state index in [-0.39, 0.29) is 28.9 Å². The number of aromatic nitrogens is 1. The number of methoxy groups -OCH3 is 2. The molecular weight excluding hydrogens is 430 g/mol. The number of hydrogen-bond donors (Lipinski definition) is 0. The molecule has 0 aliphatic rings. The molecule has 0 unspecified atom stereocenters. The smallest absolute Gasteiger partial charge is 0.311 e. The second-order valence-corrected chi connectivity index (χ2v) is 7.06. The maximum atomic E-state index is 13.0. The Balaban J connectivity index is 1.48. The summed E-state index contributed by atoms with van der Waals surface area (Å²) in [5.74, 6) is 2.16. The van der Waals surface area contributed by atoms with Crippen LogP contribution in [0.25, 0.3) is 11.0 Å². The van der Waals surface area contributed by atoms with Gasteiger partial charge < -0.3 is 27.9 Å². The highest BCUT2D eigenvalue weighted by molar-refractivity contribution is 5.81. The zero-order chi connectivity index (χ0) is 23.4. The van der Waals surface area contributed by atoms with E-state index in [2.05, 4.69) is 5.16 Å². The molecule has 4 aromatic rings. The van der Waals surface area contributed by atoms with Crippen molar-refractivity contribution in [1.29, 1.82) is 0 Å². The molecule has 0 spiro atoms. The minimum Gasteiger partial charge on any atom is -0.497 e. The molecule has 0 amide bonds. The minimum atomic E-state index is -0.469. The first kappa shape index (κ1) is 21.9. The largest absolute Gasteiger partial charge is 0.497 e. The van der Waals surface area contributed by atoms with Crippen LogP contribution in [0.4, 0.5) is 0 Å². The van der Waals surface area contributed by atoms with Crippen LogP contribution in [0.15, 0.2) is 62.3 Å². The Morgan fingerprint density at radius 2 is 1.70 bits per heavy atom. The van der Waals surface area contributed by atoms with Crippen LogP contribution >= 0.6 is 0 Å². The highest BCUT2D eigenvalue weighted by Crippen LogP contribution is 2.28. The molecule has 0 saturated heterocycles. The summed E-state index contributed by atoms with van der Waals surface area (Å²) in [7, 11) is 3.04. The predicted octanol–water partition coefficient (Wildman–Crippen LogP) is 4.44. The summed E-state index contributed by atoms with van der Waals surface area (Å²) in [6, 6.07) is 13.0. The van der Waals surface area contributed by atoms with Crippen molar-refractivity contribution >= 4 is 16.9 Å². The van der Waals surface area contributed by atoms with Crippen LogP contribution in [-0.2, 0) is 11.2 Å². The third kappa shape index (κ3) is 4.98. The van der Waals surface area contributed by atoms with Crippen LogP contribution in [0.5, 0.6) is 28.9 Å². The van der Waals surface area contributed by atoms with Gasteiger partial charge in [-0.3, -0.25) is 9.59 Å². The highest BCUT2D eigenvalue weighted by Gasteiger charge is 2.16. The highest BCUT2D eigenvalue weighted by atomic mass is 16.5. The van der Waals surface area contributed by atoms with E-state index in [0.29, 0.717) is 40.7 Å². The van der Waals surface area contributed by atoms with E-state index in [0.717, 1.165) is 0 Å². The standard InChI is InChI=1S/C24H21NO8/c1-14-24(32-16-6-4-15(28-2)5-7-16)23(27)19-10-8-17(12-20(19)30-14)31-22(26)11-9-18-13-21(29-3)25-33-18/h4-8,10,12-13H,9,11H2,1-3H3. The van der Waals surface area contributed by atoms with Crippen molar-refractivity contribution in [3.63, 3.8) is 0 Å². The molecule has 2 heterocycles. The van der Waals surface area contributed by atoms with Crippen molar-refractivity contribution in [3.8, 4) is 28.9 Å². The van der Waals surface area contributed by atoms with Gasteiger partial charge in [0.15, 0.2) is 0 Å². The normalized spacial score (nSPS) is 10.8. The summed E-state index contributed by atoms with van der Waals surface area (Å²) in [5.41, 5.74) is -0.0495. The third-order valence-electron chi connectivity index (χ3n) is 4.82. The molecular formula is C24H21NO8. The molecule has 0 atom stereocenters. The van der Waals surface area contributed by atoms with Crippen LogP contribution in [0.3, 0.4) is 0 Å². The summed E-state index contributed by atoms with van der Waals surface area (Å²) in [4.78, 5) is 25.2. The van der Waals surface area contributed by atoms with Crippen LogP contribution in [0.2, 0.25) is 0 Å². The van der Waals surface area contributed by atoms with Gasteiger partial charge in [-0.25, -0.2) is 0 Å². The molecule has 2 aromatic carbocycles. The Bertz CT molecular complexity index is 1340. The fourth-order valence-electron chi connectivity index (χ4n) is 3.13. The molecule has 0 saturated carbocycles. The lowest BCUT2D eigenvalue weighted by atomic mass is 10.2. The zero-order valence-electron chi connectivity index (χ0n) is 18.2. The van der Waals surface area contributed by atoms with Crippen molar-refractivity contribution in [1.82, 2.24) is 5.16 Å². The molecule has 0 aliphatic heterocycles. The van der Waals surface area contributed by atoms with Gasteiger partial charge in [-0.1, -0.05) is 0 Å². The topological polar surface area (TPSA) is 110 Å². The van der Waals surface area contributed by atoms with Crippen molar-refractivity contribution in [2.45, 2.75) is 19.8 Å². The van der Waals surface area contributed by atoms with Crippen molar-refractivity contribution in [2.75, 3.05) is 14.2 Å². The molecule has 9 heteroatoms. The Morgan fingerprint density at radius 3 is 2.39 bits per heavy atom. The molecule has 0 radical (unpaired) electrons. The zero-order valence-corrected chi connectivity index (χ0v) is 18.2. The molecule has 0 fully saturated rings. The van der Waals surface area contributed by atoms with Gasteiger partial charge >= 0.3 is 5.97 Å². The number of rotatable bonds is 8. The number of hydrogen-bond acceptors (Lipinski definition) is 9. The molecule has 0 aliphatic carbocycles. The Hall–Kier alpha value is -4.27. The van der Waals surface area contributed by atoms with Gasteiger partial charge in [0.25, 0.3) is 5.88 Å². The van der Waals surface area contributed by atoms with Gasteiger partial charge in [-0.2, -0.15) is 0 Å². The molecule has 4 rings (SSSR count). The van der Waals surface area contributed by atoms with Gasteiger partial charge in [0, 0.05) is 18.6 Å². The Labute approximate surface area is 188 Å². The predicted molar refractivity (Wildman–Crippen MR) is 117 cm³/mol. The van der Waals surface area contributed by atoms with Crippen LogP contribution < -0.4 is 24.4 Å². The first-order valence-electron chi connectivity index (χ1n) is 10.1. The minimum absolute atomic E-state index is 0.0774. The van der Waals surface area contributed by atoms with Crippen LogP contribution in [-0.4, -0.2) is 25.3 Å². The lowest BCUT2D eigenvalue weighted by Crippen LogP contribution is -2.10. The van der Waals surface area contributed by atoms with Gasteiger partial charge in [0.1, 0.15) is 34.4 Å². The summed E-state index contributed by atoms with van der Waals surface area (Å²) in [6.07, 6.45) is 0.386. The molecule has 170 valence electrons. The second-order valence-electron chi connectivity index (χ2n) is 7.06. The van der Waals surface area contributed by atoms with E-state index in [4.69, 9.17) is 27.9 Å². The number of nitrogens with zero attached hydrogens (tertiary/aromatic N) is 1. The van der Waals surface area contributed by atoms with Crippen molar-refractivity contribution < 1.29 is 32.7 Å². The molecule has 9 nitrogen and oxygen atoms in total. The summed E-state index contributed by atoms with van der Waals surface area (Å²) in [5, 5.41) is 3.98. The quantitative estimate of drug-likeness (QED) is 0.284. The van der Waals surface area contributed by atoms with Gasteiger partial charge in [-0.05, 0) is 48.5 Å². The van der Waals surface area contributed by atoms with Gasteiger partial charge in [0.2, 0.25) is 11.2 Å². The molecule has 33 heavy (non-hydrogen) atoms. The van der Waals surface area contributed by atoms with Gasteiger partial charge in [-0.15, -0.1) is 0 Å². The van der Waals surface area contributed by atoms with Crippen molar-refractivity contribution in [2.24, 2.45) is 0 Å². The molecule has 2 aromatic heterocycles. The maximum Gasteiger partial charge on any atom is 0.311 e. The fourth-order valence-corrected chi connectivity index (χ4v) is 3.13. The van der Waals surface area contributed by atoms with E-state index < -0.39 is 5.97 Å². The average Bonchev–Trinajstić information content (AvgIpc) is 3.29. The number of esters is 1. The molecule has 0 bridgehead atoms. The summed E-state index contributed by atoms with van der Waals surface area (Å²) in [6.45, 7) is 1.63. The summed E-state index contributed by atoms with van der Waals surface area (Å²) >= 11 is 0. The number of ether oxygens (including phenoxy) is 4. The van der Waals surface area contributed by atoms with E-state index >= 15 is 0 Å². The SMILES string of the molecule is COc1ccc(Oc2c(C)oc3cc(OC(=O)CCc4cc(OC)no4)ccc3c2=O)cc1. The number of aryl methyl sites for hydroxylation is 2. The van der Waals surface area contributed by atoms with E-state index in [1.165, 1.54) is 25.3 Å². The lowest BCUT2D eigenvalue weighted by molar-refractivity contribution is -0.134. The van der Waals surface area contributed by atoms with Crippen LogP contribution in [0.1, 0.15) is 17.9 Å². The number of benzene rings is 2. The number of carbonyl (C=O) groups excluding carboxylic acids is 1. The Morgan fingerprint density at radius 1 is 0.970 bits per heavy atom. The van der Waals surface area contributed by atoms with E-state index in [1.807, 2.05) is 0 Å². The molecule has 0 N–H and O–H groups in total. The second kappa shape index (κ2) is 9.47. The average molecular weight is 451 g/mol. The number of fused-ring (bicyclic) bond motifs is 1. The third-order valence-corrected chi connectivity index (χ3v) is 4.82.